The SMILES string of the molecule is C=C[C@@]1(C)C[C@](O)(C(O)C(=C)C)Oc2c1c(=O)oc1cccc(C)c21. The Morgan fingerprint density at radius 3 is 2.72 bits per heavy atom. The summed E-state index contributed by atoms with van der Waals surface area (Å²) >= 11 is 0. The van der Waals surface area contributed by atoms with E-state index in [4.69, 9.17) is 9.15 Å². The summed E-state index contributed by atoms with van der Waals surface area (Å²) in [6, 6.07) is 5.30. The molecule has 0 amide bonds. The predicted molar refractivity (Wildman–Crippen MR) is 95.8 cm³/mol. The first-order valence-electron chi connectivity index (χ1n) is 8.08. The first kappa shape index (κ1) is 17.5. The lowest BCUT2D eigenvalue weighted by Crippen LogP contribution is -2.55. The van der Waals surface area contributed by atoms with Crippen molar-refractivity contribution in [2.75, 3.05) is 0 Å². The van der Waals surface area contributed by atoms with E-state index in [0.29, 0.717) is 22.1 Å². The van der Waals surface area contributed by atoms with Gasteiger partial charge in [0.25, 0.3) is 0 Å². The summed E-state index contributed by atoms with van der Waals surface area (Å²) in [6.45, 7) is 12.8. The number of aryl methyl sites for hydroxylation is 1. The maximum Gasteiger partial charge on any atom is 0.344 e. The van der Waals surface area contributed by atoms with Crippen molar-refractivity contribution in [2.24, 2.45) is 0 Å². The third-order valence-electron chi connectivity index (χ3n) is 4.91. The molecule has 1 aliphatic heterocycles. The van der Waals surface area contributed by atoms with Gasteiger partial charge in [-0.1, -0.05) is 31.7 Å². The molecule has 1 unspecified atom stereocenters. The number of hydrogen-bond donors (Lipinski definition) is 2. The number of benzene rings is 1. The average molecular weight is 342 g/mol. The molecule has 5 nitrogen and oxygen atoms in total. The predicted octanol–water partition coefficient (Wildman–Crippen LogP) is 2.95. The van der Waals surface area contributed by atoms with E-state index in [1.807, 2.05) is 13.0 Å². The molecule has 132 valence electrons. The van der Waals surface area contributed by atoms with Crippen LogP contribution in [-0.2, 0) is 5.41 Å². The van der Waals surface area contributed by atoms with Crippen LogP contribution in [0.15, 0.2) is 52.2 Å². The Morgan fingerprint density at radius 1 is 1.44 bits per heavy atom. The van der Waals surface area contributed by atoms with Gasteiger partial charge in [-0.15, -0.1) is 6.58 Å². The van der Waals surface area contributed by atoms with Crippen LogP contribution in [0.2, 0.25) is 0 Å². The molecule has 2 N–H and O–H groups in total. The summed E-state index contributed by atoms with van der Waals surface area (Å²) in [6.07, 6.45) is 0.212. The molecule has 0 aliphatic carbocycles. The van der Waals surface area contributed by atoms with Crippen molar-refractivity contribution in [3.8, 4) is 5.75 Å². The monoisotopic (exact) mass is 342 g/mol. The summed E-state index contributed by atoms with van der Waals surface area (Å²) in [5, 5.41) is 22.1. The van der Waals surface area contributed by atoms with E-state index in [1.165, 1.54) is 0 Å². The van der Waals surface area contributed by atoms with Crippen LogP contribution in [0.1, 0.15) is 31.4 Å². The van der Waals surface area contributed by atoms with Crippen molar-refractivity contribution in [3.63, 3.8) is 0 Å². The number of ether oxygens (including phenoxy) is 1. The van der Waals surface area contributed by atoms with Crippen LogP contribution < -0.4 is 10.4 Å². The smallest absolute Gasteiger partial charge is 0.344 e. The van der Waals surface area contributed by atoms with Gasteiger partial charge in [-0.3, -0.25) is 0 Å². The molecule has 2 aromatic rings. The van der Waals surface area contributed by atoms with Gasteiger partial charge >= 0.3 is 5.63 Å². The van der Waals surface area contributed by atoms with Crippen LogP contribution in [0, 0.1) is 6.92 Å². The van der Waals surface area contributed by atoms with Crippen molar-refractivity contribution >= 4 is 11.0 Å². The molecule has 0 saturated heterocycles. The molecule has 2 heterocycles. The van der Waals surface area contributed by atoms with Gasteiger partial charge in [-0.2, -0.15) is 0 Å². The molecule has 0 spiro atoms. The molecule has 0 fully saturated rings. The first-order chi connectivity index (χ1) is 11.6. The van der Waals surface area contributed by atoms with Crippen LogP contribution in [0.4, 0.5) is 0 Å². The molecule has 1 aromatic heterocycles. The summed E-state index contributed by atoms with van der Waals surface area (Å²) in [4.78, 5) is 12.6. The van der Waals surface area contributed by atoms with Crippen molar-refractivity contribution in [1.82, 2.24) is 0 Å². The zero-order valence-corrected chi connectivity index (χ0v) is 14.6. The van der Waals surface area contributed by atoms with Crippen LogP contribution in [-0.4, -0.2) is 22.1 Å². The summed E-state index contributed by atoms with van der Waals surface area (Å²) < 4.78 is 11.3. The first-order valence-corrected chi connectivity index (χ1v) is 8.08. The minimum atomic E-state index is -1.93. The molecule has 0 bridgehead atoms. The second kappa shape index (κ2) is 5.58. The normalized spacial score (nSPS) is 26.6. The largest absolute Gasteiger partial charge is 0.458 e. The third-order valence-corrected chi connectivity index (χ3v) is 4.91. The van der Waals surface area contributed by atoms with E-state index in [0.717, 1.165) is 5.56 Å². The molecule has 1 aliphatic rings. The highest BCUT2D eigenvalue weighted by atomic mass is 16.6. The zero-order valence-electron chi connectivity index (χ0n) is 14.6. The minimum absolute atomic E-state index is 0.0489. The Morgan fingerprint density at radius 2 is 2.12 bits per heavy atom. The van der Waals surface area contributed by atoms with E-state index in [9.17, 15) is 15.0 Å². The minimum Gasteiger partial charge on any atom is -0.458 e. The highest BCUT2D eigenvalue weighted by Gasteiger charge is 2.51. The number of allylic oxidation sites excluding steroid dienone is 1. The van der Waals surface area contributed by atoms with Crippen molar-refractivity contribution in [1.29, 1.82) is 0 Å². The van der Waals surface area contributed by atoms with Crippen LogP contribution >= 0.6 is 0 Å². The van der Waals surface area contributed by atoms with Gasteiger partial charge in [0.1, 0.15) is 17.4 Å². The maximum absolute atomic E-state index is 12.6. The van der Waals surface area contributed by atoms with Crippen LogP contribution in [0.5, 0.6) is 5.75 Å². The second-order valence-electron chi connectivity index (χ2n) is 7.04. The summed E-state index contributed by atoms with van der Waals surface area (Å²) in [7, 11) is 0. The van der Waals surface area contributed by atoms with Crippen LogP contribution in [0.3, 0.4) is 0 Å². The Balaban J connectivity index is 2.40. The number of aliphatic hydroxyl groups is 2. The number of rotatable bonds is 3. The van der Waals surface area contributed by atoms with E-state index in [1.54, 1.807) is 32.1 Å². The maximum atomic E-state index is 12.6. The molecule has 3 atom stereocenters. The Kier molecular flexibility index (Phi) is 3.89. The zero-order chi connectivity index (χ0) is 18.6. The quantitative estimate of drug-likeness (QED) is 0.662. The number of hydrogen-bond acceptors (Lipinski definition) is 5. The van der Waals surface area contributed by atoms with Gasteiger partial charge in [-0.05, 0) is 31.1 Å². The summed E-state index contributed by atoms with van der Waals surface area (Å²) in [5.41, 5.74) is 0.379. The topological polar surface area (TPSA) is 79.9 Å². The highest BCUT2D eigenvalue weighted by Crippen LogP contribution is 2.48. The number of fused-ring (bicyclic) bond motifs is 3. The van der Waals surface area contributed by atoms with E-state index < -0.39 is 22.9 Å². The molecular weight excluding hydrogens is 320 g/mol. The average Bonchev–Trinajstić information content (AvgIpc) is 2.53. The van der Waals surface area contributed by atoms with Crippen molar-refractivity contribution < 1.29 is 19.4 Å². The standard InChI is InChI=1S/C20H22O5/c1-6-19(5)10-20(23,17(21)11(2)3)25-16-14-12(4)8-7-9-13(14)24-18(22)15(16)19/h6-9,17,21,23H,1-2,10H2,3-5H3/t17?,19-,20+/m0/s1. The highest BCUT2D eigenvalue weighted by molar-refractivity contribution is 5.88. The van der Waals surface area contributed by atoms with Crippen LogP contribution in [0.25, 0.3) is 11.0 Å². The Labute approximate surface area is 145 Å². The second-order valence-corrected chi connectivity index (χ2v) is 7.04. The number of aliphatic hydroxyl groups excluding tert-OH is 1. The Hall–Kier alpha value is -2.37. The lowest BCUT2D eigenvalue weighted by atomic mass is 9.73. The van der Waals surface area contributed by atoms with Gasteiger partial charge in [0.05, 0.1) is 10.9 Å². The molecule has 3 rings (SSSR count). The van der Waals surface area contributed by atoms with Gasteiger partial charge in [-0.25, -0.2) is 4.79 Å². The lowest BCUT2D eigenvalue weighted by Gasteiger charge is -2.44. The molecule has 25 heavy (non-hydrogen) atoms. The fourth-order valence-corrected chi connectivity index (χ4v) is 3.52. The third kappa shape index (κ3) is 2.51. The molecule has 1 aromatic carbocycles. The molecule has 0 saturated carbocycles. The van der Waals surface area contributed by atoms with E-state index in [-0.39, 0.29) is 12.2 Å². The van der Waals surface area contributed by atoms with Gasteiger partial charge < -0.3 is 19.4 Å². The van der Waals surface area contributed by atoms with Crippen molar-refractivity contribution in [2.45, 2.75) is 44.5 Å². The van der Waals surface area contributed by atoms with E-state index in [2.05, 4.69) is 13.2 Å². The molecule has 5 heteroatoms. The van der Waals surface area contributed by atoms with E-state index >= 15 is 0 Å². The van der Waals surface area contributed by atoms with Gasteiger partial charge in [0, 0.05) is 11.8 Å². The Bertz CT molecular complexity index is 941. The summed E-state index contributed by atoms with van der Waals surface area (Å²) in [5.74, 6) is -1.70. The fraction of sp³-hybridized carbons (Fsp3) is 0.350. The van der Waals surface area contributed by atoms with Gasteiger partial charge in [0.2, 0.25) is 5.79 Å². The van der Waals surface area contributed by atoms with Crippen molar-refractivity contribution in [3.05, 3.63) is 64.6 Å². The lowest BCUT2D eigenvalue weighted by molar-refractivity contribution is -0.212. The van der Waals surface area contributed by atoms with Gasteiger partial charge in [0.15, 0.2) is 0 Å². The molecule has 0 radical (unpaired) electrons. The molecular formula is C20H22O5. The fourth-order valence-electron chi connectivity index (χ4n) is 3.52.